The Morgan fingerprint density at radius 2 is 1.32 bits per heavy atom. The van der Waals surface area contributed by atoms with E-state index in [0.717, 1.165) is 5.47 Å². The fraction of sp³-hybridized carbons (Fsp3) is 0.364. The second-order valence-corrected chi connectivity index (χ2v) is 7.86. The monoisotopic (exact) mass is 334 g/mol. The molecule has 0 spiro atoms. The van der Waals surface area contributed by atoms with E-state index in [4.69, 9.17) is 9.31 Å². The number of benzene rings is 2. The lowest BCUT2D eigenvalue weighted by Crippen LogP contribution is -2.41. The molecule has 1 saturated heterocycles. The Hall–Kier alpha value is -1.84. The van der Waals surface area contributed by atoms with Crippen molar-refractivity contribution >= 4 is 18.7 Å². The minimum atomic E-state index is -0.384. The molecule has 25 heavy (non-hydrogen) atoms. The fourth-order valence-electron chi connectivity index (χ4n) is 3.06. The number of aryl methyl sites for hydroxylation is 2. The number of hydrogen-bond acceptors (Lipinski definition) is 2. The van der Waals surface area contributed by atoms with Crippen LogP contribution in [0.4, 0.5) is 0 Å². The molecule has 0 radical (unpaired) electrons. The lowest BCUT2D eigenvalue weighted by atomic mass is 9.72. The zero-order valence-electron chi connectivity index (χ0n) is 16.1. The van der Waals surface area contributed by atoms with Crippen LogP contribution in [0, 0.1) is 13.8 Å². The third-order valence-corrected chi connectivity index (χ3v) is 5.46. The molecule has 2 aromatic carbocycles. The topological polar surface area (TPSA) is 18.5 Å². The van der Waals surface area contributed by atoms with Gasteiger partial charge in [0.05, 0.1) is 11.2 Å². The van der Waals surface area contributed by atoms with Crippen LogP contribution in [-0.4, -0.2) is 18.3 Å². The highest BCUT2D eigenvalue weighted by atomic mass is 16.7. The second kappa shape index (κ2) is 6.47. The highest BCUT2D eigenvalue weighted by Gasteiger charge is 2.52. The Balaban J connectivity index is 2.12. The van der Waals surface area contributed by atoms with Crippen molar-refractivity contribution in [3.63, 3.8) is 0 Å². The van der Waals surface area contributed by atoms with Crippen LogP contribution in [0.25, 0.3) is 11.5 Å². The van der Waals surface area contributed by atoms with Crippen LogP contribution in [0.2, 0.25) is 0 Å². The van der Waals surface area contributed by atoms with Gasteiger partial charge in [0, 0.05) is 0 Å². The number of hydrogen-bond donors (Lipinski definition) is 0. The lowest BCUT2D eigenvalue weighted by molar-refractivity contribution is 0.00578. The van der Waals surface area contributed by atoms with E-state index in [1.807, 2.05) is 0 Å². The SMILES string of the molecule is Cc1ccccc1/C=C(/B1OC(C)(C)C(C)(C)O1)c1ccccc1C. The molecule has 130 valence electrons. The first kappa shape index (κ1) is 18.0. The average molecular weight is 334 g/mol. The highest BCUT2D eigenvalue weighted by Crippen LogP contribution is 2.41. The Morgan fingerprint density at radius 1 is 0.800 bits per heavy atom. The van der Waals surface area contributed by atoms with Gasteiger partial charge in [-0.3, -0.25) is 0 Å². The van der Waals surface area contributed by atoms with E-state index in [0.29, 0.717) is 0 Å². The Labute approximate surface area is 152 Å². The van der Waals surface area contributed by atoms with Crippen LogP contribution >= 0.6 is 0 Å². The van der Waals surface area contributed by atoms with Gasteiger partial charge in [-0.05, 0) is 69.3 Å². The van der Waals surface area contributed by atoms with Gasteiger partial charge < -0.3 is 9.31 Å². The van der Waals surface area contributed by atoms with Gasteiger partial charge in [0.1, 0.15) is 0 Å². The van der Waals surface area contributed by atoms with Crippen molar-refractivity contribution in [1.29, 1.82) is 0 Å². The summed E-state index contributed by atoms with van der Waals surface area (Å²) < 4.78 is 12.7. The van der Waals surface area contributed by atoms with E-state index in [1.54, 1.807) is 0 Å². The van der Waals surface area contributed by atoms with E-state index < -0.39 is 0 Å². The molecule has 0 atom stereocenters. The third kappa shape index (κ3) is 3.44. The van der Waals surface area contributed by atoms with Gasteiger partial charge in [-0.2, -0.15) is 0 Å². The van der Waals surface area contributed by atoms with Crippen molar-refractivity contribution in [2.75, 3.05) is 0 Å². The molecular weight excluding hydrogens is 307 g/mol. The van der Waals surface area contributed by atoms with Crippen LogP contribution in [0.1, 0.15) is 49.9 Å². The minimum absolute atomic E-state index is 0.356. The van der Waals surface area contributed by atoms with Gasteiger partial charge in [-0.1, -0.05) is 54.6 Å². The largest absolute Gasteiger partial charge is 0.495 e. The summed E-state index contributed by atoms with van der Waals surface area (Å²) in [6, 6.07) is 16.8. The molecule has 1 aliphatic rings. The van der Waals surface area contributed by atoms with Gasteiger partial charge in [0.2, 0.25) is 0 Å². The maximum atomic E-state index is 6.36. The zero-order chi connectivity index (χ0) is 18.2. The second-order valence-electron chi connectivity index (χ2n) is 7.86. The Morgan fingerprint density at radius 3 is 1.88 bits per heavy atom. The summed E-state index contributed by atoms with van der Waals surface area (Å²) in [4.78, 5) is 0. The molecule has 0 unspecified atom stereocenters. The molecule has 3 heteroatoms. The van der Waals surface area contributed by atoms with Crippen molar-refractivity contribution in [3.8, 4) is 0 Å². The molecule has 0 bridgehead atoms. The summed E-state index contributed by atoms with van der Waals surface area (Å²) in [6.45, 7) is 12.6. The molecule has 2 nitrogen and oxygen atoms in total. The van der Waals surface area contributed by atoms with E-state index in [-0.39, 0.29) is 18.3 Å². The Kier molecular flexibility index (Phi) is 4.65. The highest BCUT2D eigenvalue weighted by molar-refractivity contribution is 6.70. The molecular formula is C22H27BO2. The molecule has 0 aromatic heterocycles. The van der Waals surface area contributed by atoms with Crippen molar-refractivity contribution in [3.05, 3.63) is 70.8 Å². The van der Waals surface area contributed by atoms with Crippen LogP contribution in [-0.2, 0) is 9.31 Å². The van der Waals surface area contributed by atoms with Crippen molar-refractivity contribution in [2.24, 2.45) is 0 Å². The quantitative estimate of drug-likeness (QED) is 0.547. The first-order valence-electron chi connectivity index (χ1n) is 8.90. The average Bonchev–Trinajstić information content (AvgIpc) is 2.75. The summed E-state index contributed by atoms with van der Waals surface area (Å²) in [6.07, 6.45) is 2.21. The predicted octanol–water partition coefficient (Wildman–Crippen LogP) is 5.48. The standard InChI is InChI=1S/C22H27BO2/c1-16-11-7-9-13-18(16)15-20(19-14-10-8-12-17(19)2)23-24-21(3,4)22(5,6)25-23/h7-15H,1-6H3/b20-15+. The Bertz CT molecular complexity index is 789. The summed E-state index contributed by atoms with van der Waals surface area (Å²) >= 11 is 0. The molecule has 1 heterocycles. The van der Waals surface area contributed by atoms with Crippen LogP contribution in [0.3, 0.4) is 0 Å². The molecule has 1 aliphatic heterocycles. The van der Waals surface area contributed by atoms with Gasteiger partial charge >= 0.3 is 7.12 Å². The maximum Gasteiger partial charge on any atom is 0.495 e. The van der Waals surface area contributed by atoms with E-state index in [2.05, 4.69) is 96.1 Å². The first-order valence-corrected chi connectivity index (χ1v) is 8.90. The zero-order valence-corrected chi connectivity index (χ0v) is 16.1. The van der Waals surface area contributed by atoms with Crippen LogP contribution < -0.4 is 0 Å². The van der Waals surface area contributed by atoms with Gasteiger partial charge in [0.25, 0.3) is 0 Å². The van der Waals surface area contributed by atoms with Crippen molar-refractivity contribution in [2.45, 2.75) is 52.7 Å². The minimum Gasteiger partial charge on any atom is -0.399 e. The molecule has 0 aliphatic carbocycles. The normalized spacial score (nSPS) is 19.3. The van der Waals surface area contributed by atoms with Crippen molar-refractivity contribution in [1.82, 2.24) is 0 Å². The van der Waals surface area contributed by atoms with Crippen molar-refractivity contribution < 1.29 is 9.31 Å². The van der Waals surface area contributed by atoms with Crippen LogP contribution in [0.15, 0.2) is 48.5 Å². The maximum absolute atomic E-state index is 6.36. The fourth-order valence-corrected chi connectivity index (χ4v) is 3.06. The van der Waals surface area contributed by atoms with Gasteiger partial charge in [-0.15, -0.1) is 0 Å². The summed E-state index contributed by atoms with van der Waals surface area (Å²) in [7, 11) is -0.384. The summed E-state index contributed by atoms with van der Waals surface area (Å²) in [5, 5.41) is 0. The van der Waals surface area contributed by atoms with E-state index in [9.17, 15) is 0 Å². The molecule has 0 saturated carbocycles. The van der Waals surface area contributed by atoms with Gasteiger partial charge in [0.15, 0.2) is 0 Å². The summed E-state index contributed by atoms with van der Waals surface area (Å²) in [5.41, 5.74) is 5.18. The first-order chi connectivity index (χ1) is 11.7. The molecule has 0 amide bonds. The summed E-state index contributed by atoms with van der Waals surface area (Å²) in [5.74, 6) is 0. The molecule has 0 N–H and O–H groups in total. The van der Waals surface area contributed by atoms with Crippen LogP contribution in [0.5, 0.6) is 0 Å². The number of rotatable bonds is 3. The molecule has 1 fully saturated rings. The molecule has 2 aromatic rings. The lowest BCUT2D eigenvalue weighted by Gasteiger charge is -2.32. The third-order valence-electron chi connectivity index (χ3n) is 5.46. The predicted molar refractivity (Wildman–Crippen MR) is 106 cm³/mol. The smallest absolute Gasteiger partial charge is 0.399 e. The van der Waals surface area contributed by atoms with E-state index >= 15 is 0 Å². The van der Waals surface area contributed by atoms with E-state index in [1.165, 1.54) is 22.3 Å². The van der Waals surface area contributed by atoms with Gasteiger partial charge in [-0.25, -0.2) is 0 Å². The molecule has 3 rings (SSSR count).